The van der Waals surface area contributed by atoms with E-state index in [4.69, 9.17) is 0 Å². The number of pyridine rings is 1. The molecule has 0 atom stereocenters. The van der Waals surface area contributed by atoms with E-state index in [0.29, 0.717) is 10.0 Å². The first-order valence-corrected chi connectivity index (χ1v) is 17.6. The summed E-state index contributed by atoms with van der Waals surface area (Å²) in [6, 6.07) is 13.5. The van der Waals surface area contributed by atoms with Crippen LogP contribution in [0.4, 0.5) is 5.13 Å². The number of unbranched alkanes of at least 4 members (excludes halogenated alkanes) is 2. The highest BCUT2D eigenvalue weighted by atomic mass is 32.1. The van der Waals surface area contributed by atoms with Gasteiger partial charge in [0.05, 0.1) is 35.1 Å². The van der Waals surface area contributed by atoms with E-state index in [1.165, 1.54) is 67.2 Å². The number of carbonyl (C=O) groups is 2. The van der Waals surface area contributed by atoms with Gasteiger partial charge in [0, 0.05) is 22.8 Å². The van der Waals surface area contributed by atoms with Crippen molar-refractivity contribution in [1.29, 1.82) is 0 Å². The number of amides is 2. The summed E-state index contributed by atoms with van der Waals surface area (Å²) in [4.78, 5) is 45.0. The minimum Gasteiger partial charge on any atom is -0.343 e. The van der Waals surface area contributed by atoms with Crippen molar-refractivity contribution in [3.05, 3.63) is 82.6 Å². The fraction of sp³-hybridized carbons (Fsp3) is 0.459. The third kappa shape index (κ3) is 16.8. The number of aryl methyl sites for hydroxylation is 1. The molecule has 0 unspecified atom stereocenters. The lowest BCUT2D eigenvalue weighted by Gasteiger charge is -2.05. The van der Waals surface area contributed by atoms with E-state index >= 15 is 0 Å². The molecule has 47 heavy (non-hydrogen) atoms. The van der Waals surface area contributed by atoms with E-state index in [2.05, 4.69) is 55.2 Å². The Hall–Kier alpha value is -4.18. The molecule has 10 heteroatoms. The molecule has 0 saturated carbocycles. The second-order valence-corrected chi connectivity index (χ2v) is 11.3. The van der Waals surface area contributed by atoms with E-state index in [-0.39, 0.29) is 12.1 Å². The molecule has 9 nitrogen and oxygen atoms in total. The smallest absolute Gasteiger partial charge is 0.253 e. The third-order valence-corrected chi connectivity index (χ3v) is 7.10. The van der Waals surface area contributed by atoms with E-state index < -0.39 is 11.8 Å². The maximum absolute atomic E-state index is 12.2. The van der Waals surface area contributed by atoms with Crippen LogP contribution in [-0.4, -0.2) is 44.9 Å². The zero-order chi connectivity index (χ0) is 35.8. The summed E-state index contributed by atoms with van der Waals surface area (Å²) in [6.45, 7) is 20.8. The van der Waals surface area contributed by atoms with Crippen LogP contribution in [0.5, 0.6) is 0 Å². The number of nitroso groups, excluding NO2 is 1. The topological polar surface area (TPSA) is 109 Å². The van der Waals surface area contributed by atoms with Gasteiger partial charge in [0.2, 0.25) is 13.0 Å². The van der Waals surface area contributed by atoms with Gasteiger partial charge in [0.15, 0.2) is 5.13 Å². The van der Waals surface area contributed by atoms with Crippen molar-refractivity contribution < 1.29 is 14.5 Å². The van der Waals surface area contributed by atoms with Crippen molar-refractivity contribution in [3.8, 4) is 22.4 Å². The molecule has 2 amide bonds. The van der Waals surface area contributed by atoms with Gasteiger partial charge < -0.3 is 10.6 Å². The van der Waals surface area contributed by atoms with Gasteiger partial charge in [-0.05, 0) is 48.2 Å². The molecule has 0 aliphatic heterocycles. The van der Waals surface area contributed by atoms with Crippen molar-refractivity contribution in [1.82, 2.24) is 20.0 Å². The Labute approximate surface area is 286 Å². The standard InChI is InChI=1S/C23H20N6O3S.2C5H12.2C2H6/c1-15-10-17(6-8-24-15)16-4-3-5-18(11-16)20-14-33-23(26-20)27-21(30)12-25-22(31)19-7-9-29(13-19)28(2)32;1-4-5(2)3;1-3-5-4-2;2*1-2/h3-11,13-14H,12H2,1-2H3,(H-,25,26,27,30,31);5H,4H2,1-3H3;3-5H2,1-2H3;2*1-2H3/p+1. The number of carbonyl (C=O) groups excluding carboxylic acids is 2. The lowest BCUT2D eigenvalue weighted by atomic mass is 10.0. The average molecular weight is 666 g/mol. The summed E-state index contributed by atoms with van der Waals surface area (Å²) >= 11 is 1.30. The monoisotopic (exact) mass is 665 g/mol. The van der Waals surface area contributed by atoms with Gasteiger partial charge >= 0.3 is 0 Å². The second-order valence-electron chi connectivity index (χ2n) is 10.4. The summed E-state index contributed by atoms with van der Waals surface area (Å²) < 4.78 is 1.22. The SMILES string of the molecule is CC.CC.CCC(C)C.CCCCC.Cc1cc(-c2cccc(-c3csc(NC(=O)CNC(=O)c4ccn([N+](C)=O)c4)n3)c2)ccn1. The highest BCUT2D eigenvalue weighted by molar-refractivity contribution is 7.14. The number of nitrogens with zero attached hydrogens (tertiary/aromatic N) is 4. The zero-order valence-electron chi connectivity index (χ0n) is 30.4. The maximum atomic E-state index is 12.2. The molecule has 0 radical (unpaired) electrons. The summed E-state index contributed by atoms with van der Waals surface area (Å²) in [6.07, 6.45) is 10.0. The highest BCUT2D eigenvalue weighted by Crippen LogP contribution is 2.29. The molecule has 4 rings (SSSR count). The molecule has 0 aliphatic carbocycles. The number of hydrogen-bond acceptors (Lipinski definition) is 6. The van der Waals surface area contributed by atoms with Crippen LogP contribution in [0.2, 0.25) is 0 Å². The number of hydrogen-bond donors (Lipinski definition) is 2. The molecular formula is C37H57N6O3S+. The van der Waals surface area contributed by atoms with Crippen molar-refractivity contribution in [2.45, 2.75) is 94.9 Å². The zero-order valence-corrected chi connectivity index (χ0v) is 31.2. The Bertz CT molecular complexity index is 1460. The van der Waals surface area contributed by atoms with Crippen LogP contribution in [0.15, 0.2) is 66.4 Å². The predicted molar refractivity (Wildman–Crippen MR) is 199 cm³/mol. The fourth-order valence-electron chi connectivity index (χ4n) is 3.52. The molecular weight excluding hydrogens is 609 g/mol. The second kappa shape index (κ2) is 25.0. The van der Waals surface area contributed by atoms with Gasteiger partial charge in [0.1, 0.15) is 4.87 Å². The van der Waals surface area contributed by atoms with Gasteiger partial charge in [0.25, 0.3) is 5.91 Å². The van der Waals surface area contributed by atoms with Crippen LogP contribution in [0, 0.1) is 17.7 Å². The van der Waals surface area contributed by atoms with Crippen LogP contribution >= 0.6 is 11.3 Å². The van der Waals surface area contributed by atoms with Crippen LogP contribution in [-0.2, 0) is 4.79 Å². The van der Waals surface area contributed by atoms with Crippen molar-refractivity contribution in [2.75, 3.05) is 18.9 Å². The fourth-order valence-corrected chi connectivity index (χ4v) is 4.26. The lowest BCUT2D eigenvalue weighted by molar-refractivity contribution is -0.578. The normalized spacial score (nSPS) is 9.62. The number of rotatable bonds is 10. The maximum Gasteiger partial charge on any atom is 0.253 e. The molecule has 0 fully saturated rings. The number of nitrogens with one attached hydrogen (secondary N) is 2. The molecule has 258 valence electrons. The van der Waals surface area contributed by atoms with E-state index in [1.54, 1.807) is 6.20 Å². The van der Waals surface area contributed by atoms with Crippen molar-refractivity contribution >= 4 is 28.3 Å². The molecule has 0 saturated heterocycles. The van der Waals surface area contributed by atoms with Crippen molar-refractivity contribution in [3.63, 3.8) is 0 Å². The minimum atomic E-state index is -0.450. The third-order valence-electron chi connectivity index (χ3n) is 6.34. The Morgan fingerprint density at radius 2 is 1.57 bits per heavy atom. The lowest BCUT2D eigenvalue weighted by Crippen LogP contribution is -2.32. The summed E-state index contributed by atoms with van der Waals surface area (Å²) in [5.74, 6) is 0.0365. The molecule has 0 spiro atoms. The summed E-state index contributed by atoms with van der Waals surface area (Å²) in [7, 11) is 1.31. The predicted octanol–water partition coefficient (Wildman–Crippen LogP) is 9.82. The van der Waals surface area contributed by atoms with E-state index in [0.717, 1.165) is 34.0 Å². The molecule has 4 aromatic rings. The molecule has 0 aliphatic rings. The first-order chi connectivity index (χ1) is 22.6. The first kappa shape index (κ1) is 42.8. The first-order valence-electron chi connectivity index (χ1n) is 16.7. The van der Waals surface area contributed by atoms with Gasteiger partial charge in [-0.3, -0.25) is 14.6 Å². The molecule has 3 aromatic heterocycles. The summed E-state index contributed by atoms with van der Waals surface area (Å²) in [5, 5.41) is 7.53. The summed E-state index contributed by atoms with van der Waals surface area (Å²) in [5.41, 5.74) is 5.03. The number of benzene rings is 1. The molecule has 0 bridgehead atoms. The number of aromatic nitrogens is 3. The van der Waals surface area contributed by atoms with E-state index in [1.807, 2.05) is 76.4 Å². The largest absolute Gasteiger partial charge is 0.343 e. The van der Waals surface area contributed by atoms with Crippen LogP contribution in [0.25, 0.3) is 22.4 Å². The van der Waals surface area contributed by atoms with E-state index in [9.17, 15) is 14.5 Å². The molecule has 2 N–H and O–H groups in total. The van der Waals surface area contributed by atoms with Gasteiger partial charge in [-0.25, -0.2) is 4.98 Å². The van der Waals surface area contributed by atoms with Crippen molar-refractivity contribution in [2.24, 2.45) is 5.92 Å². The van der Waals surface area contributed by atoms with Gasteiger partial charge in [-0.2, -0.15) is 0 Å². The van der Waals surface area contributed by atoms with Gasteiger partial charge in [-0.15, -0.1) is 11.3 Å². The molecule has 3 heterocycles. The Balaban J connectivity index is 0.00000129. The van der Waals surface area contributed by atoms with Crippen LogP contribution < -0.4 is 10.6 Å². The average Bonchev–Trinajstić information content (AvgIpc) is 3.78. The Kier molecular flexibility index (Phi) is 22.8. The minimum absolute atomic E-state index is 0.219. The Morgan fingerprint density at radius 3 is 2.11 bits per heavy atom. The number of thiazole rings is 1. The van der Waals surface area contributed by atoms with Gasteiger partial charge in [-0.1, -0.05) is 111 Å². The quantitative estimate of drug-likeness (QED) is 0.164. The highest BCUT2D eigenvalue weighted by Gasteiger charge is 2.14. The van der Waals surface area contributed by atoms with Crippen LogP contribution in [0.3, 0.4) is 0 Å². The Morgan fingerprint density at radius 1 is 0.957 bits per heavy atom. The molecule has 1 aromatic carbocycles. The number of anilines is 1. The van der Waals surface area contributed by atoms with Crippen LogP contribution in [0.1, 0.15) is 104 Å².